The molecule has 106 valence electrons. The van der Waals surface area contributed by atoms with Crippen molar-refractivity contribution in [3.8, 4) is 0 Å². The van der Waals surface area contributed by atoms with E-state index in [1.165, 1.54) is 12.7 Å². The van der Waals surface area contributed by atoms with Crippen molar-refractivity contribution in [1.29, 1.82) is 0 Å². The number of likely N-dealkylation sites (tertiary alicyclic amines) is 1. The van der Waals surface area contributed by atoms with Crippen molar-refractivity contribution in [2.75, 3.05) is 19.6 Å². The number of hydrogen-bond acceptors (Lipinski definition) is 4. The van der Waals surface area contributed by atoms with Crippen LogP contribution in [-0.4, -0.2) is 45.2 Å². The van der Waals surface area contributed by atoms with Crippen LogP contribution in [0.3, 0.4) is 0 Å². The lowest BCUT2D eigenvalue weighted by molar-refractivity contribution is -0.122. The Morgan fingerprint density at radius 3 is 3.00 bits per heavy atom. The van der Waals surface area contributed by atoms with E-state index < -0.39 is 0 Å². The van der Waals surface area contributed by atoms with E-state index in [0.717, 1.165) is 18.9 Å². The molecule has 1 atom stereocenters. The maximum atomic E-state index is 11.9. The van der Waals surface area contributed by atoms with Crippen LogP contribution in [-0.2, 0) is 11.3 Å². The summed E-state index contributed by atoms with van der Waals surface area (Å²) in [7, 11) is 0. The van der Waals surface area contributed by atoms with Crippen LogP contribution in [0.1, 0.15) is 39.1 Å². The number of carbonyl (C=O) groups is 1. The number of nitrogens with zero attached hydrogens (tertiary/aromatic N) is 4. The van der Waals surface area contributed by atoms with Crippen molar-refractivity contribution in [3.05, 3.63) is 12.2 Å². The molecule has 1 N–H and O–H groups in total. The summed E-state index contributed by atoms with van der Waals surface area (Å²) in [6.45, 7) is 9.30. The van der Waals surface area contributed by atoms with E-state index >= 15 is 0 Å². The van der Waals surface area contributed by atoms with E-state index in [1.54, 1.807) is 0 Å². The zero-order valence-corrected chi connectivity index (χ0v) is 12.0. The van der Waals surface area contributed by atoms with Gasteiger partial charge in [-0.25, -0.2) is 9.67 Å². The molecule has 1 aliphatic rings. The fraction of sp³-hybridized carbons (Fsp3) is 0.769. The highest BCUT2D eigenvalue weighted by Crippen LogP contribution is 2.14. The summed E-state index contributed by atoms with van der Waals surface area (Å²) in [6.07, 6.45) is 2.72. The summed E-state index contributed by atoms with van der Waals surface area (Å²) in [5, 5.41) is 7.07. The molecule has 0 aromatic carbocycles. The van der Waals surface area contributed by atoms with E-state index in [2.05, 4.69) is 27.2 Å². The molecule has 19 heavy (non-hydrogen) atoms. The van der Waals surface area contributed by atoms with Crippen LogP contribution in [0.5, 0.6) is 0 Å². The molecule has 1 saturated heterocycles. The standard InChI is InChI=1S/C13H23N5O/c1-10(2)18-12(15-9-16-18)6-14-13(19)8-17-5-4-11(3)7-17/h9-11H,4-8H2,1-3H3,(H,14,19). The first-order valence-corrected chi connectivity index (χ1v) is 6.93. The Morgan fingerprint density at radius 1 is 1.58 bits per heavy atom. The summed E-state index contributed by atoms with van der Waals surface area (Å²) >= 11 is 0. The monoisotopic (exact) mass is 265 g/mol. The summed E-state index contributed by atoms with van der Waals surface area (Å²) in [6, 6.07) is 0.258. The van der Waals surface area contributed by atoms with Crippen molar-refractivity contribution in [2.24, 2.45) is 5.92 Å². The van der Waals surface area contributed by atoms with Gasteiger partial charge in [0.1, 0.15) is 12.2 Å². The zero-order chi connectivity index (χ0) is 13.8. The Kier molecular flexibility index (Phi) is 4.52. The molecule has 1 unspecified atom stereocenters. The lowest BCUT2D eigenvalue weighted by atomic mass is 10.2. The fourth-order valence-corrected chi connectivity index (χ4v) is 2.44. The molecule has 1 aromatic rings. The quantitative estimate of drug-likeness (QED) is 0.856. The summed E-state index contributed by atoms with van der Waals surface area (Å²) in [5.41, 5.74) is 0. The summed E-state index contributed by atoms with van der Waals surface area (Å²) in [4.78, 5) is 18.3. The minimum absolute atomic E-state index is 0.0624. The first-order valence-electron chi connectivity index (χ1n) is 6.93. The highest BCUT2D eigenvalue weighted by molar-refractivity contribution is 5.77. The van der Waals surface area contributed by atoms with Gasteiger partial charge in [-0.1, -0.05) is 6.92 Å². The van der Waals surface area contributed by atoms with E-state index in [9.17, 15) is 4.79 Å². The Labute approximate surface area is 114 Å². The highest BCUT2D eigenvalue weighted by Gasteiger charge is 2.20. The normalized spacial score (nSPS) is 20.1. The lowest BCUT2D eigenvalue weighted by Gasteiger charge is -2.15. The van der Waals surface area contributed by atoms with Crippen LogP contribution in [0.25, 0.3) is 0 Å². The van der Waals surface area contributed by atoms with Crippen molar-refractivity contribution >= 4 is 5.91 Å². The Hall–Kier alpha value is -1.43. The second kappa shape index (κ2) is 6.14. The number of carbonyl (C=O) groups excluding carboxylic acids is 1. The third kappa shape index (κ3) is 3.76. The number of hydrogen-bond donors (Lipinski definition) is 1. The molecule has 1 aromatic heterocycles. The van der Waals surface area contributed by atoms with Crippen molar-refractivity contribution in [1.82, 2.24) is 25.0 Å². The number of aromatic nitrogens is 3. The van der Waals surface area contributed by atoms with Gasteiger partial charge in [0.15, 0.2) is 0 Å². The first kappa shape index (κ1) is 14.0. The van der Waals surface area contributed by atoms with Gasteiger partial charge in [0.05, 0.1) is 13.1 Å². The van der Waals surface area contributed by atoms with Gasteiger partial charge in [0.25, 0.3) is 0 Å². The first-order chi connectivity index (χ1) is 9.06. The molecular formula is C13H23N5O. The summed E-state index contributed by atoms with van der Waals surface area (Å²) in [5.74, 6) is 1.57. The van der Waals surface area contributed by atoms with Crippen LogP contribution >= 0.6 is 0 Å². The fourth-order valence-electron chi connectivity index (χ4n) is 2.44. The summed E-state index contributed by atoms with van der Waals surface area (Å²) < 4.78 is 1.83. The highest BCUT2D eigenvalue weighted by atomic mass is 16.2. The second-order valence-electron chi connectivity index (χ2n) is 5.62. The van der Waals surface area contributed by atoms with Gasteiger partial charge < -0.3 is 5.32 Å². The average Bonchev–Trinajstić information content (AvgIpc) is 2.95. The molecule has 0 radical (unpaired) electrons. The predicted octanol–water partition coefficient (Wildman–Crippen LogP) is 0.817. The van der Waals surface area contributed by atoms with E-state index in [1.807, 2.05) is 18.5 Å². The SMILES string of the molecule is CC1CCN(CC(=O)NCc2ncnn2C(C)C)C1. The molecule has 0 bridgehead atoms. The maximum absolute atomic E-state index is 11.9. The topological polar surface area (TPSA) is 63.1 Å². The van der Waals surface area contributed by atoms with Gasteiger partial charge in [0.2, 0.25) is 5.91 Å². The van der Waals surface area contributed by atoms with Crippen LogP contribution in [0.2, 0.25) is 0 Å². The van der Waals surface area contributed by atoms with Gasteiger partial charge in [0, 0.05) is 12.6 Å². The molecular weight excluding hydrogens is 242 g/mol. The van der Waals surface area contributed by atoms with Gasteiger partial charge in [-0.2, -0.15) is 5.10 Å². The average molecular weight is 265 g/mol. The molecule has 2 rings (SSSR count). The molecule has 6 heteroatoms. The maximum Gasteiger partial charge on any atom is 0.234 e. The lowest BCUT2D eigenvalue weighted by Crippen LogP contribution is -2.36. The molecule has 1 amide bonds. The van der Waals surface area contributed by atoms with Crippen molar-refractivity contribution in [3.63, 3.8) is 0 Å². The second-order valence-corrected chi connectivity index (χ2v) is 5.62. The van der Waals surface area contributed by atoms with Gasteiger partial charge in [-0.15, -0.1) is 0 Å². The van der Waals surface area contributed by atoms with Gasteiger partial charge in [-0.3, -0.25) is 9.69 Å². The smallest absolute Gasteiger partial charge is 0.234 e. The molecule has 0 aliphatic carbocycles. The minimum atomic E-state index is 0.0624. The Balaban J connectivity index is 1.78. The largest absolute Gasteiger partial charge is 0.348 e. The molecule has 6 nitrogen and oxygen atoms in total. The predicted molar refractivity (Wildman–Crippen MR) is 72.5 cm³/mol. The van der Waals surface area contributed by atoms with E-state index in [-0.39, 0.29) is 11.9 Å². The molecule has 2 heterocycles. The van der Waals surface area contributed by atoms with Crippen molar-refractivity contribution < 1.29 is 4.79 Å². The molecule has 1 fully saturated rings. The van der Waals surface area contributed by atoms with Crippen LogP contribution in [0.15, 0.2) is 6.33 Å². The van der Waals surface area contributed by atoms with Crippen molar-refractivity contribution in [2.45, 2.75) is 39.8 Å². The third-order valence-corrected chi connectivity index (χ3v) is 3.46. The zero-order valence-electron chi connectivity index (χ0n) is 12.0. The molecule has 0 spiro atoms. The minimum Gasteiger partial charge on any atom is -0.348 e. The van der Waals surface area contributed by atoms with Crippen LogP contribution in [0, 0.1) is 5.92 Å². The number of nitrogens with one attached hydrogen (secondary N) is 1. The van der Waals surface area contributed by atoms with Gasteiger partial charge >= 0.3 is 0 Å². The van der Waals surface area contributed by atoms with Crippen LogP contribution < -0.4 is 5.32 Å². The van der Waals surface area contributed by atoms with E-state index in [0.29, 0.717) is 19.0 Å². The molecule has 1 aliphatic heterocycles. The Morgan fingerprint density at radius 2 is 2.37 bits per heavy atom. The third-order valence-electron chi connectivity index (χ3n) is 3.46. The number of amides is 1. The van der Waals surface area contributed by atoms with E-state index in [4.69, 9.17) is 0 Å². The van der Waals surface area contributed by atoms with Gasteiger partial charge in [-0.05, 0) is 32.7 Å². The van der Waals surface area contributed by atoms with Crippen LogP contribution in [0.4, 0.5) is 0 Å². The molecule has 0 saturated carbocycles. The number of rotatable bonds is 5. The Bertz CT molecular complexity index is 428.